The minimum absolute atomic E-state index is 0.0152. The van der Waals surface area contributed by atoms with E-state index in [2.05, 4.69) is 9.88 Å². The molecule has 2 aliphatic rings. The molecule has 16 heteroatoms. The number of piperazine rings is 1. The number of ether oxygens (including phenoxy) is 2. The van der Waals surface area contributed by atoms with E-state index in [0.717, 1.165) is 22.1 Å². The smallest absolute Gasteiger partial charge is 0.410 e. The number of alkyl halides is 1. The van der Waals surface area contributed by atoms with E-state index in [-0.39, 0.29) is 36.7 Å². The molecule has 0 saturated carbocycles. The number of benzene rings is 3. The third kappa shape index (κ3) is 7.44. The van der Waals surface area contributed by atoms with Crippen LogP contribution in [-0.4, -0.2) is 84.3 Å². The maximum atomic E-state index is 15.4. The van der Waals surface area contributed by atoms with Gasteiger partial charge in [0, 0.05) is 45.0 Å². The van der Waals surface area contributed by atoms with E-state index in [1.807, 2.05) is 37.6 Å². The number of aromatic nitrogens is 2. The molecule has 12 nitrogen and oxygen atoms in total. The number of halogens is 3. The van der Waals surface area contributed by atoms with Gasteiger partial charge in [-0.15, -0.1) is 0 Å². The van der Waals surface area contributed by atoms with Crippen LogP contribution in [0.4, 0.5) is 29.3 Å². The predicted octanol–water partition coefficient (Wildman–Crippen LogP) is 5.21. The number of amides is 1. The first-order chi connectivity index (χ1) is 23.2. The lowest BCUT2D eigenvalue weighted by atomic mass is 10.2. The van der Waals surface area contributed by atoms with Gasteiger partial charge in [-0.1, -0.05) is 0 Å². The summed E-state index contributed by atoms with van der Waals surface area (Å²) < 4.78 is 84.2. The number of anilines is 2. The summed E-state index contributed by atoms with van der Waals surface area (Å²) in [5.41, 5.74) is 0.122. The van der Waals surface area contributed by atoms with Crippen molar-refractivity contribution in [3.05, 3.63) is 82.9 Å². The van der Waals surface area contributed by atoms with Gasteiger partial charge in [-0.3, -0.25) is 14.1 Å². The maximum Gasteiger partial charge on any atom is 0.410 e. The van der Waals surface area contributed by atoms with Crippen LogP contribution in [0.3, 0.4) is 0 Å². The van der Waals surface area contributed by atoms with Gasteiger partial charge in [0.05, 0.1) is 22.3 Å². The maximum absolute atomic E-state index is 15.4. The van der Waals surface area contributed by atoms with Crippen LogP contribution < -0.4 is 19.9 Å². The molecular weight excluding hydrogens is 665 g/mol. The Morgan fingerprint density at radius 2 is 1.65 bits per heavy atom. The van der Waals surface area contributed by atoms with E-state index < -0.39 is 50.6 Å². The number of nitrogens with one attached hydrogen (secondary N) is 1. The zero-order valence-corrected chi connectivity index (χ0v) is 27.8. The molecule has 4 aromatic rings. The van der Waals surface area contributed by atoms with Crippen molar-refractivity contribution >= 4 is 38.6 Å². The summed E-state index contributed by atoms with van der Waals surface area (Å²) in [6.45, 7) is 7.24. The third-order valence-electron chi connectivity index (χ3n) is 8.10. The number of hydrogen-bond donors (Lipinski definition) is 1. The number of fused-ring (bicyclic) bond motifs is 1. The van der Waals surface area contributed by atoms with Crippen molar-refractivity contribution in [3.63, 3.8) is 0 Å². The van der Waals surface area contributed by atoms with Crippen molar-refractivity contribution < 1.29 is 35.9 Å². The largest absolute Gasteiger partial charge is 0.451 e. The molecule has 260 valence electrons. The summed E-state index contributed by atoms with van der Waals surface area (Å²) in [6, 6.07) is 13.1. The summed E-state index contributed by atoms with van der Waals surface area (Å²) >= 11 is 0. The number of rotatable bonds is 7. The van der Waals surface area contributed by atoms with Crippen molar-refractivity contribution in [2.45, 2.75) is 39.0 Å². The van der Waals surface area contributed by atoms with E-state index in [1.165, 1.54) is 29.1 Å². The van der Waals surface area contributed by atoms with Gasteiger partial charge in [0.15, 0.2) is 11.6 Å². The second-order valence-electron chi connectivity index (χ2n) is 12.8. The standard InChI is InChI=1S/C33H35F3N6O6S/c1-33(2,3)48-32(44)40-16-14-39(15-17-40)22-4-6-23(7-5-22)42-20-37-27-10-8-24(18-25(27)31(42)43)47-30-26(35)9-11-28(29(30)36)38-49(45,46)41-13-12-21(34)19-41/h4-11,18,20-21,38H,12-17,19H2,1-3H3/t21-/m1/s1. The van der Waals surface area contributed by atoms with Gasteiger partial charge in [-0.2, -0.15) is 12.7 Å². The van der Waals surface area contributed by atoms with E-state index in [9.17, 15) is 26.8 Å². The second kappa shape index (κ2) is 13.2. The molecule has 1 aromatic heterocycles. The molecule has 2 saturated heterocycles. The van der Waals surface area contributed by atoms with Crippen molar-refractivity contribution in [3.8, 4) is 17.2 Å². The summed E-state index contributed by atoms with van der Waals surface area (Å²) in [6.07, 6.45) is -0.289. The zero-order chi connectivity index (χ0) is 35.1. The number of nitrogens with zero attached hydrogens (tertiary/aromatic N) is 5. The van der Waals surface area contributed by atoms with Crippen molar-refractivity contribution in [2.24, 2.45) is 0 Å². The highest BCUT2D eigenvalue weighted by Crippen LogP contribution is 2.34. The van der Waals surface area contributed by atoms with Crippen molar-refractivity contribution in [2.75, 3.05) is 48.9 Å². The highest BCUT2D eigenvalue weighted by Gasteiger charge is 2.32. The SMILES string of the molecule is CC(C)(C)OC(=O)N1CCN(c2ccc(-n3cnc4ccc(Oc5c(F)ccc(NS(=O)(=O)N6CC[C@@H](F)C6)c5F)cc4c3=O)cc2)CC1. The normalized spacial score (nSPS) is 17.4. The third-order valence-corrected chi connectivity index (χ3v) is 9.58. The van der Waals surface area contributed by atoms with Gasteiger partial charge >= 0.3 is 16.3 Å². The molecule has 0 aliphatic carbocycles. The Hall–Kier alpha value is -4.83. The average Bonchev–Trinajstić information content (AvgIpc) is 3.51. The van der Waals surface area contributed by atoms with Gasteiger partial charge < -0.3 is 19.3 Å². The Labute approximate surface area is 280 Å². The Morgan fingerprint density at radius 1 is 0.959 bits per heavy atom. The molecule has 6 rings (SSSR count). The van der Waals surface area contributed by atoms with Crippen LogP contribution in [0.1, 0.15) is 27.2 Å². The first-order valence-corrected chi connectivity index (χ1v) is 17.0. The van der Waals surface area contributed by atoms with Crippen LogP contribution in [-0.2, 0) is 14.9 Å². The molecule has 49 heavy (non-hydrogen) atoms. The lowest BCUT2D eigenvalue weighted by molar-refractivity contribution is 0.0240. The van der Waals surface area contributed by atoms with Crippen LogP contribution in [0.15, 0.2) is 65.7 Å². The van der Waals surface area contributed by atoms with Gasteiger partial charge in [0.1, 0.15) is 23.8 Å². The summed E-state index contributed by atoms with van der Waals surface area (Å²) in [4.78, 5) is 34.1. The van der Waals surface area contributed by atoms with Crippen molar-refractivity contribution in [1.29, 1.82) is 0 Å². The molecule has 0 spiro atoms. The highest BCUT2D eigenvalue weighted by molar-refractivity contribution is 7.90. The van der Waals surface area contributed by atoms with Crippen LogP contribution in [0.5, 0.6) is 11.5 Å². The monoisotopic (exact) mass is 700 g/mol. The minimum Gasteiger partial charge on any atom is -0.451 e. The zero-order valence-electron chi connectivity index (χ0n) is 27.0. The lowest BCUT2D eigenvalue weighted by Crippen LogP contribution is -2.50. The molecule has 1 atom stereocenters. The molecule has 1 N–H and O–H groups in total. The Balaban J connectivity index is 1.18. The van der Waals surface area contributed by atoms with Crippen molar-refractivity contribution in [1.82, 2.24) is 18.8 Å². The molecule has 0 radical (unpaired) electrons. The molecule has 3 aromatic carbocycles. The van der Waals surface area contributed by atoms with Crippen LogP contribution >= 0.6 is 0 Å². The lowest BCUT2D eigenvalue weighted by Gasteiger charge is -2.36. The molecule has 2 fully saturated rings. The Morgan fingerprint density at radius 3 is 2.31 bits per heavy atom. The quantitative estimate of drug-likeness (QED) is 0.279. The van der Waals surface area contributed by atoms with Gasteiger partial charge in [0.25, 0.3) is 5.56 Å². The predicted molar refractivity (Wildman–Crippen MR) is 177 cm³/mol. The topological polar surface area (TPSA) is 126 Å². The van der Waals surface area contributed by atoms with E-state index >= 15 is 4.39 Å². The number of carbonyl (C=O) groups excluding carboxylic acids is 1. The average molecular weight is 701 g/mol. The Bertz CT molecular complexity index is 2050. The molecule has 1 amide bonds. The van der Waals surface area contributed by atoms with Gasteiger partial charge in [-0.05, 0) is 81.8 Å². The Kier molecular flexibility index (Phi) is 9.19. The highest BCUT2D eigenvalue weighted by atomic mass is 32.2. The summed E-state index contributed by atoms with van der Waals surface area (Å²) in [7, 11) is -4.31. The van der Waals surface area contributed by atoms with E-state index in [4.69, 9.17) is 9.47 Å². The van der Waals surface area contributed by atoms with Gasteiger partial charge in [-0.25, -0.2) is 22.9 Å². The molecule has 0 bridgehead atoms. The van der Waals surface area contributed by atoms with Crippen LogP contribution in [0.25, 0.3) is 16.6 Å². The van der Waals surface area contributed by atoms with Crippen LogP contribution in [0, 0.1) is 11.6 Å². The molecule has 2 aliphatic heterocycles. The second-order valence-corrected chi connectivity index (χ2v) is 14.4. The first kappa shape index (κ1) is 34.0. The van der Waals surface area contributed by atoms with E-state index in [0.29, 0.717) is 37.4 Å². The molecular formula is C33H35F3N6O6S. The first-order valence-electron chi connectivity index (χ1n) is 15.6. The summed E-state index contributed by atoms with van der Waals surface area (Å²) in [5.74, 6) is -3.42. The fraction of sp³-hybridized carbons (Fsp3) is 0.364. The number of hydrogen-bond acceptors (Lipinski definition) is 8. The number of carbonyl (C=O) groups is 1. The fourth-order valence-corrected chi connectivity index (χ4v) is 6.85. The molecule has 3 heterocycles. The van der Waals surface area contributed by atoms with Gasteiger partial charge in [0.2, 0.25) is 5.75 Å². The minimum atomic E-state index is -4.31. The summed E-state index contributed by atoms with van der Waals surface area (Å²) in [5, 5.41) is 0.106. The molecule has 0 unspecified atom stereocenters. The van der Waals surface area contributed by atoms with E-state index in [1.54, 1.807) is 17.0 Å². The van der Waals surface area contributed by atoms with Crippen LogP contribution in [0.2, 0.25) is 0 Å². The fourth-order valence-electron chi connectivity index (χ4n) is 5.58.